The van der Waals surface area contributed by atoms with E-state index in [1.165, 1.54) is 17.5 Å². The van der Waals surface area contributed by atoms with Crippen molar-refractivity contribution in [2.75, 3.05) is 39.8 Å². The zero-order valence-electron chi connectivity index (χ0n) is 19.5. The van der Waals surface area contributed by atoms with Gasteiger partial charge in [-0.15, -0.1) is 6.58 Å². The van der Waals surface area contributed by atoms with E-state index in [0.29, 0.717) is 17.6 Å². The summed E-state index contributed by atoms with van der Waals surface area (Å²) in [5, 5.41) is 2.02. The fraction of sp³-hybridized carbons (Fsp3) is 0.444. The third-order valence-corrected chi connectivity index (χ3v) is 7.34. The molecule has 4 fully saturated rings. The lowest BCUT2D eigenvalue weighted by atomic mass is 9.84. The van der Waals surface area contributed by atoms with Crippen LogP contribution in [-0.2, 0) is 0 Å². The number of piperidine rings is 1. The molecule has 2 aromatic rings. The zero-order valence-corrected chi connectivity index (χ0v) is 19.5. The first kappa shape index (κ1) is 22.1. The molecule has 3 unspecified atom stereocenters. The summed E-state index contributed by atoms with van der Waals surface area (Å²) in [5.74, 6) is 0.843. The van der Waals surface area contributed by atoms with Gasteiger partial charge in [0.05, 0.1) is 13.2 Å². The molecule has 0 aliphatic carbocycles. The molecule has 0 saturated carbocycles. The van der Waals surface area contributed by atoms with Gasteiger partial charge in [-0.2, -0.15) is 0 Å². The number of carbonyl (C=O) groups excluding carboxylic acids is 1. The minimum absolute atomic E-state index is 0.0272. The molecule has 6 rings (SSSR count). The molecule has 3 atom stereocenters. The fourth-order valence-electron chi connectivity index (χ4n) is 5.66. The van der Waals surface area contributed by atoms with Crippen molar-refractivity contribution in [3.05, 3.63) is 77.9 Å². The van der Waals surface area contributed by atoms with Gasteiger partial charge in [-0.3, -0.25) is 20.0 Å². The van der Waals surface area contributed by atoms with Crippen LogP contribution in [0.25, 0.3) is 0 Å². The SMILES string of the molecule is C=CCN1C2CC1CN(C(c1ccc(C(=O)NN3CCCC3)cc1)c1cccc(OC)c1)C2. The van der Waals surface area contributed by atoms with Crippen molar-refractivity contribution in [1.82, 2.24) is 20.2 Å². The number of carbonyl (C=O) groups is 1. The Morgan fingerprint density at radius 3 is 2.52 bits per heavy atom. The third kappa shape index (κ3) is 4.56. The summed E-state index contributed by atoms with van der Waals surface area (Å²) in [5.41, 5.74) is 6.17. The summed E-state index contributed by atoms with van der Waals surface area (Å²) in [6.45, 7) is 8.82. The Kier molecular flexibility index (Phi) is 6.49. The third-order valence-electron chi connectivity index (χ3n) is 7.34. The van der Waals surface area contributed by atoms with Crippen LogP contribution in [-0.4, -0.2) is 72.6 Å². The standard InChI is InChI=1S/C27H34N4O2/c1-3-13-31-23-17-24(31)19-29(18-23)26(22-7-6-8-25(16-22)33-2)20-9-11-21(12-10-20)27(32)28-30-14-4-5-15-30/h3,6-12,16,23-24,26H,1,4-5,13-15,17-19H2,2H3,(H,28,32). The number of hydrogen-bond acceptors (Lipinski definition) is 5. The Bertz CT molecular complexity index is 974. The van der Waals surface area contributed by atoms with Gasteiger partial charge in [-0.05, 0) is 54.7 Å². The number of nitrogens with zero attached hydrogens (tertiary/aromatic N) is 3. The number of amides is 1. The molecule has 4 aliphatic heterocycles. The first-order chi connectivity index (χ1) is 16.2. The second-order valence-electron chi connectivity index (χ2n) is 9.42. The van der Waals surface area contributed by atoms with E-state index < -0.39 is 0 Å². The van der Waals surface area contributed by atoms with E-state index in [2.05, 4.69) is 52.1 Å². The number of piperazine rings is 1. The van der Waals surface area contributed by atoms with Gasteiger partial charge in [0.2, 0.25) is 0 Å². The molecule has 2 aromatic carbocycles. The molecule has 1 amide bonds. The number of fused-ring (bicyclic) bond motifs is 2. The van der Waals surface area contributed by atoms with Gasteiger partial charge in [0.15, 0.2) is 0 Å². The first-order valence-corrected chi connectivity index (χ1v) is 12.1. The van der Waals surface area contributed by atoms with Gasteiger partial charge in [0, 0.05) is 50.4 Å². The van der Waals surface area contributed by atoms with E-state index in [0.717, 1.165) is 51.3 Å². The quantitative estimate of drug-likeness (QED) is 0.630. The molecule has 0 radical (unpaired) electrons. The summed E-state index contributed by atoms with van der Waals surface area (Å²) in [4.78, 5) is 17.8. The Morgan fingerprint density at radius 2 is 1.85 bits per heavy atom. The fourth-order valence-corrected chi connectivity index (χ4v) is 5.66. The first-order valence-electron chi connectivity index (χ1n) is 12.1. The topological polar surface area (TPSA) is 48.0 Å². The highest BCUT2D eigenvalue weighted by atomic mass is 16.5. The predicted molar refractivity (Wildman–Crippen MR) is 130 cm³/mol. The number of hydrogen-bond donors (Lipinski definition) is 1. The van der Waals surface area contributed by atoms with E-state index in [-0.39, 0.29) is 11.9 Å². The normalized spacial score (nSPS) is 24.2. The van der Waals surface area contributed by atoms with E-state index in [1.807, 2.05) is 29.3 Å². The monoisotopic (exact) mass is 446 g/mol. The maximum atomic E-state index is 12.7. The number of nitrogens with one attached hydrogen (secondary N) is 1. The highest BCUT2D eigenvalue weighted by Gasteiger charge is 2.45. The lowest BCUT2D eigenvalue weighted by Gasteiger charge is -2.57. The number of benzene rings is 2. The van der Waals surface area contributed by atoms with Crippen LogP contribution in [0.5, 0.6) is 5.75 Å². The maximum Gasteiger partial charge on any atom is 0.265 e. The van der Waals surface area contributed by atoms with Crippen LogP contribution in [0, 0.1) is 0 Å². The van der Waals surface area contributed by atoms with Crippen molar-refractivity contribution in [3.8, 4) is 5.75 Å². The Hall–Kier alpha value is -2.67. The Labute approximate surface area is 196 Å². The molecule has 2 bridgehead atoms. The molecular weight excluding hydrogens is 412 g/mol. The van der Waals surface area contributed by atoms with Gasteiger partial charge in [-0.1, -0.05) is 30.3 Å². The average Bonchev–Trinajstić information content (AvgIpc) is 3.36. The molecule has 4 saturated heterocycles. The van der Waals surface area contributed by atoms with E-state index in [1.54, 1.807) is 7.11 Å². The van der Waals surface area contributed by atoms with Crippen molar-refractivity contribution in [2.24, 2.45) is 0 Å². The van der Waals surface area contributed by atoms with Gasteiger partial charge in [0.1, 0.15) is 5.75 Å². The molecule has 174 valence electrons. The summed E-state index contributed by atoms with van der Waals surface area (Å²) in [6.07, 6.45) is 5.57. The average molecular weight is 447 g/mol. The summed E-state index contributed by atoms with van der Waals surface area (Å²) in [7, 11) is 1.71. The van der Waals surface area contributed by atoms with Gasteiger partial charge in [-0.25, -0.2) is 5.01 Å². The van der Waals surface area contributed by atoms with E-state index >= 15 is 0 Å². The zero-order chi connectivity index (χ0) is 22.8. The van der Waals surface area contributed by atoms with Crippen molar-refractivity contribution in [3.63, 3.8) is 0 Å². The molecule has 0 spiro atoms. The van der Waals surface area contributed by atoms with Crippen LogP contribution >= 0.6 is 0 Å². The minimum Gasteiger partial charge on any atom is -0.497 e. The van der Waals surface area contributed by atoms with E-state index in [9.17, 15) is 4.79 Å². The Morgan fingerprint density at radius 1 is 1.12 bits per heavy atom. The highest BCUT2D eigenvalue weighted by Crippen LogP contribution is 2.39. The second-order valence-corrected chi connectivity index (χ2v) is 9.42. The Balaban J connectivity index is 1.38. The molecule has 4 aliphatic rings. The predicted octanol–water partition coefficient (Wildman–Crippen LogP) is 3.47. The van der Waals surface area contributed by atoms with Crippen molar-refractivity contribution in [2.45, 2.75) is 37.4 Å². The van der Waals surface area contributed by atoms with Gasteiger partial charge < -0.3 is 4.74 Å². The van der Waals surface area contributed by atoms with Gasteiger partial charge >= 0.3 is 0 Å². The summed E-state index contributed by atoms with van der Waals surface area (Å²) < 4.78 is 5.53. The minimum atomic E-state index is -0.0272. The second kappa shape index (κ2) is 9.67. The van der Waals surface area contributed by atoms with Crippen molar-refractivity contribution in [1.29, 1.82) is 0 Å². The summed E-state index contributed by atoms with van der Waals surface area (Å²) in [6, 6.07) is 17.8. The molecule has 6 heteroatoms. The van der Waals surface area contributed by atoms with Crippen LogP contribution in [0.3, 0.4) is 0 Å². The molecule has 1 N–H and O–H groups in total. The number of ether oxygens (including phenoxy) is 1. The lowest BCUT2D eigenvalue weighted by Crippen LogP contribution is -2.68. The van der Waals surface area contributed by atoms with Crippen LogP contribution in [0.4, 0.5) is 0 Å². The maximum absolute atomic E-state index is 12.7. The van der Waals surface area contributed by atoms with Crippen LogP contribution in [0.15, 0.2) is 61.2 Å². The lowest BCUT2D eigenvalue weighted by molar-refractivity contribution is -0.0706. The largest absolute Gasteiger partial charge is 0.497 e. The smallest absolute Gasteiger partial charge is 0.265 e. The molecule has 4 heterocycles. The highest BCUT2D eigenvalue weighted by molar-refractivity contribution is 5.93. The van der Waals surface area contributed by atoms with Gasteiger partial charge in [0.25, 0.3) is 5.91 Å². The van der Waals surface area contributed by atoms with Crippen molar-refractivity contribution >= 4 is 5.91 Å². The van der Waals surface area contributed by atoms with Crippen LogP contribution in [0.1, 0.15) is 46.8 Å². The molecule has 0 aromatic heterocycles. The summed E-state index contributed by atoms with van der Waals surface area (Å²) >= 11 is 0. The number of hydrazine groups is 1. The molecule has 33 heavy (non-hydrogen) atoms. The number of methoxy groups -OCH3 is 1. The van der Waals surface area contributed by atoms with Crippen LogP contribution in [0.2, 0.25) is 0 Å². The van der Waals surface area contributed by atoms with Crippen LogP contribution < -0.4 is 10.2 Å². The molecule has 6 nitrogen and oxygen atoms in total. The number of rotatable bonds is 8. The van der Waals surface area contributed by atoms with E-state index in [4.69, 9.17) is 4.74 Å². The molecular formula is C27H34N4O2. The van der Waals surface area contributed by atoms with Crippen molar-refractivity contribution < 1.29 is 9.53 Å².